The van der Waals surface area contributed by atoms with Gasteiger partial charge in [0.2, 0.25) is 5.13 Å². The first kappa shape index (κ1) is 23.6. The van der Waals surface area contributed by atoms with Crippen molar-refractivity contribution in [2.45, 2.75) is 33.7 Å². The second-order valence-corrected chi connectivity index (χ2v) is 8.91. The second-order valence-electron chi connectivity index (χ2n) is 7.95. The predicted molar refractivity (Wildman–Crippen MR) is 137 cm³/mol. The third-order valence-electron chi connectivity index (χ3n) is 5.27. The van der Waals surface area contributed by atoms with Crippen molar-refractivity contribution >= 4 is 27.7 Å². The van der Waals surface area contributed by atoms with Gasteiger partial charge in [0.25, 0.3) is 0 Å². The van der Waals surface area contributed by atoms with Crippen molar-refractivity contribution in [1.29, 1.82) is 5.26 Å². The van der Waals surface area contributed by atoms with Gasteiger partial charge in [0.05, 0.1) is 34.2 Å². The molecular formula is C24H29N9S. The van der Waals surface area contributed by atoms with Crippen molar-refractivity contribution in [1.82, 2.24) is 30.1 Å². The molecule has 0 saturated carbocycles. The summed E-state index contributed by atoms with van der Waals surface area (Å²) in [5.41, 5.74) is 4.93. The second kappa shape index (κ2) is 10.6. The van der Waals surface area contributed by atoms with Gasteiger partial charge in [0.15, 0.2) is 5.01 Å². The maximum absolute atomic E-state index is 9.13. The Kier molecular flexibility index (Phi) is 7.35. The molecule has 0 unspecified atom stereocenters. The zero-order valence-corrected chi connectivity index (χ0v) is 20.7. The number of anilines is 2. The average Bonchev–Trinajstić information content (AvgIpc) is 3.53. The maximum atomic E-state index is 9.13. The van der Waals surface area contributed by atoms with Crippen LogP contribution in [0.3, 0.4) is 0 Å². The standard InChI is InChI=1S/C22H23N9S.C2H6/c1-14(2)27-18-10-19(20-4-3-16-9-15(11-23)12-26-31(16)20)25-13-17(18)21-28-29-22(32-21)30-7-5-24-6-8-30;1-2/h3-4,9-10,12-14,24H,5-8H2,1-2H3,(H,25,27);1-2H3. The maximum Gasteiger partial charge on any atom is 0.208 e. The number of fused-ring (bicyclic) bond motifs is 1. The highest BCUT2D eigenvalue weighted by atomic mass is 32.1. The Morgan fingerprint density at radius 3 is 2.65 bits per heavy atom. The van der Waals surface area contributed by atoms with Crippen molar-refractivity contribution in [2.24, 2.45) is 0 Å². The Hall–Kier alpha value is -3.55. The highest BCUT2D eigenvalue weighted by Gasteiger charge is 2.19. The number of rotatable bonds is 5. The summed E-state index contributed by atoms with van der Waals surface area (Å²) in [4.78, 5) is 7.00. The van der Waals surface area contributed by atoms with Crippen LogP contribution >= 0.6 is 11.3 Å². The molecule has 0 aromatic carbocycles. The zero-order valence-electron chi connectivity index (χ0n) is 19.9. The fourth-order valence-electron chi connectivity index (χ4n) is 3.76. The van der Waals surface area contributed by atoms with Crippen molar-refractivity contribution in [3.63, 3.8) is 0 Å². The molecule has 1 aliphatic rings. The largest absolute Gasteiger partial charge is 0.382 e. The smallest absolute Gasteiger partial charge is 0.208 e. The molecule has 4 aromatic heterocycles. The third kappa shape index (κ3) is 4.85. The molecule has 1 fully saturated rings. The monoisotopic (exact) mass is 475 g/mol. The summed E-state index contributed by atoms with van der Waals surface area (Å²) in [5, 5.41) is 31.1. The molecule has 0 bridgehead atoms. The number of piperazine rings is 1. The molecule has 5 rings (SSSR count). The number of nitrogens with one attached hydrogen (secondary N) is 2. The summed E-state index contributed by atoms with van der Waals surface area (Å²) in [7, 11) is 0. The molecule has 4 aromatic rings. The lowest BCUT2D eigenvalue weighted by atomic mass is 10.1. The molecule has 0 aliphatic carbocycles. The van der Waals surface area contributed by atoms with Crippen LogP contribution in [0.4, 0.5) is 10.8 Å². The highest BCUT2D eigenvalue weighted by Crippen LogP contribution is 2.35. The fraction of sp³-hybridized carbons (Fsp3) is 0.375. The van der Waals surface area contributed by atoms with Gasteiger partial charge in [0, 0.05) is 44.1 Å². The van der Waals surface area contributed by atoms with Crippen LogP contribution in [0.1, 0.15) is 33.3 Å². The molecule has 0 spiro atoms. The van der Waals surface area contributed by atoms with Crippen molar-refractivity contribution in [2.75, 3.05) is 36.4 Å². The van der Waals surface area contributed by atoms with Gasteiger partial charge in [-0.3, -0.25) is 4.98 Å². The number of aromatic nitrogens is 5. The van der Waals surface area contributed by atoms with E-state index in [2.05, 4.69) is 50.7 Å². The molecule has 0 radical (unpaired) electrons. The first-order valence-electron chi connectivity index (χ1n) is 11.6. The van der Waals surface area contributed by atoms with Gasteiger partial charge in [-0.15, -0.1) is 10.2 Å². The fourth-order valence-corrected chi connectivity index (χ4v) is 4.68. The number of nitriles is 1. The molecule has 1 saturated heterocycles. The molecule has 9 nitrogen and oxygen atoms in total. The molecule has 34 heavy (non-hydrogen) atoms. The van der Waals surface area contributed by atoms with Crippen LogP contribution in [0.5, 0.6) is 0 Å². The van der Waals surface area contributed by atoms with Crippen molar-refractivity contribution < 1.29 is 0 Å². The molecule has 10 heteroatoms. The Morgan fingerprint density at radius 1 is 1.12 bits per heavy atom. The van der Waals surface area contributed by atoms with E-state index in [1.807, 2.05) is 44.3 Å². The quantitative estimate of drug-likeness (QED) is 0.445. The minimum Gasteiger partial charge on any atom is -0.382 e. The van der Waals surface area contributed by atoms with E-state index in [1.54, 1.807) is 22.0 Å². The van der Waals surface area contributed by atoms with Crippen LogP contribution in [0.15, 0.2) is 36.7 Å². The van der Waals surface area contributed by atoms with E-state index in [0.717, 1.165) is 64.5 Å². The summed E-state index contributed by atoms with van der Waals surface area (Å²) >= 11 is 1.59. The summed E-state index contributed by atoms with van der Waals surface area (Å²) in [6, 6.07) is 10.1. The number of hydrogen-bond donors (Lipinski definition) is 2. The average molecular weight is 476 g/mol. The van der Waals surface area contributed by atoms with E-state index in [0.29, 0.717) is 5.56 Å². The van der Waals surface area contributed by atoms with E-state index in [9.17, 15) is 0 Å². The topological polar surface area (TPSA) is 107 Å². The molecular weight excluding hydrogens is 446 g/mol. The number of nitrogens with zero attached hydrogens (tertiary/aromatic N) is 7. The number of hydrogen-bond acceptors (Lipinski definition) is 9. The summed E-state index contributed by atoms with van der Waals surface area (Å²) < 4.78 is 1.80. The molecule has 1 aliphatic heterocycles. The van der Waals surface area contributed by atoms with Gasteiger partial charge >= 0.3 is 0 Å². The zero-order chi connectivity index (χ0) is 24.1. The highest BCUT2D eigenvalue weighted by molar-refractivity contribution is 7.18. The van der Waals surface area contributed by atoms with Crippen LogP contribution in [-0.4, -0.2) is 57.0 Å². The van der Waals surface area contributed by atoms with Crippen molar-refractivity contribution in [3.8, 4) is 28.0 Å². The minimum atomic E-state index is 0.241. The summed E-state index contributed by atoms with van der Waals surface area (Å²) in [6.07, 6.45) is 3.42. The third-order valence-corrected chi connectivity index (χ3v) is 6.29. The molecule has 2 N–H and O–H groups in total. The van der Waals surface area contributed by atoms with E-state index in [1.165, 1.54) is 0 Å². The lowest BCUT2D eigenvalue weighted by Crippen LogP contribution is -2.43. The Bertz CT molecular complexity index is 1300. The summed E-state index contributed by atoms with van der Waals surface area (Å²) in [6.45, 7) is 12.0. The first-order valence-corrected chi connectivity index (χ1v) is 12.4. The lowest BCUT2D eigenvalue weighted by Gasteiger charge is -2.26. The normalized spacial score (nSPS) is 13.5. The lowest BCUT2D eigenvalue weighted by molar-refractivity contribution is 0.587. The van der Waals surface area contributed by atoms with Gasteiger partial charge < -0.3 is 15.5 Å². The first-order chi connectivity index (χ1) is 16.6. The molecule has 5 heterocycles. The van der Waals surface area contributed by atoms with Gasteiger partial charge in [-0.1, -0.05) is 25.2 Å². The summed E-state index contributed by atoms with van der Waals surface area (Å²) in [5.74, 6) is 0. The van der Waals surface area contributed by atoms with E-state index < -0.39 is 0 Å². The van der Waals surface area contributed by atoms with Crippen LogP contribution in [0.25, 0.3) is 27.5 Å². The van der Waals surface area contributed by atoms with Gasteiger partial charge in [-0.25, -0.2) is 4.52 Å². The predicted octanol–water partition coefficient (Wildman–Crippen LogP) is 4.04. The van der Waals surface area contributed by atoms with Crippen LogP contribution in [0.2, 0.25) is 0 Å². The van der Waals surface area contributed by atoms with E-state index in [-0.39, 0.29) is 6.04 Å². The SMILES string of the molecule is CC.CC(C)Nc1cc(-c2ccc3cc(C#N)cnn23)ncc1-c1nnc(N2CCNCC2)s1. The Labute approximate surface area is 203 Å². The van der Waals surface area contributed by atoms with Gasteiger partial charge in [-0.2, -0.15) is 10.4 Å². The van der Waals surface area contributed by atoms with E-state index in [4.69, 9.17) is 10.2 Å². The van der Waals surface area contributed by atoms with Crippen LogP contribution < -0.4 is 15.5 Å². The minimum absolute atomic E-state index is 0.241. The number of pyridine rings is 1. The van der Waals surface area contributed by atoms with Gasteiger partial charge in [0.1, 0.15) is 6.07 Å². The molecule has 176 valence electrons. The van der Waals surface area contributed by atoms with Crippen LogP contribution in [0, 0.1) is 11.3 Å². The van der Waals surface area contributed by atoms with Gasteiger partial charge in [-0.05, 0) is 38.1 Å². The Balaban J connectivity index is 0.00000133. The van der Waals surface area contributed by atoms with E-state index >= 15 is 0 Å². The van der Waals surface area contributed by atoms with Crippen molar-refractivity contribution in [3.05, 3.63) is 42.2 Å². The molecule has 0 amide bonds. The Morgan fingerprint density at radius 2 is 1.91 bits per heavy atom. The van der Waals surface area contributed by atoms with Crippen LogP contribution in [-0.2, 0) is 0 Å². The molecule has 0 atom stereocenters.